The van der Waals surface area contributed by atoms with E-state index in [4.69, 9.17) is 9.63 Å². The third kappa shape index (κ3) is 2.98. The smallest absolute Gasteiger partial charge is 0.274 e. The van der Waals surface area contributed by atoms with E-state index in [1.54, 1.807) is 0 Å². The highest BCUT2D eigenvalue weighted by atomic mass is 31.2. The molecule has 0 aromatic carbocycles. The maximum atomic E-state index is 12.0. The highest BCUT2D eigenvalue weighted by molar-refractivity contribution is 7.63. The number of aromatic nitrogens is 2. The van der Waals surface area contributed by atoms with Crippen molar-refractivity contribution in [2.24, 2.45) is 0 Å². The number of carbonyl (C=O) groups is 1. The minimum Gasteiger partial charge on any atom is -0.654 e. The summed E-state index contributed by atoms with van der Waals surface area (Å²) in [6, 6.07) is 0. The van der Waals surface area contributed by atoms with Gasteiger partial charge in [-0.1, -0.05) is 0 Å². The van der Waals surface area contributed by atoms with Crippen LogP contribution in [0.15, 0.2) is 12.4 Å². The molecule has 2 heterocycles. The number of morpholine rings is 1. The first kappa shape index (κ1) is 13.3. The van der Waals surface area contributed by atoms with E-state index in [0.717, 1.165) is 12.4 Å². The molecule has 98 valence electrons. The van der Waals surface area contributed by atoms with Crippen molar-refractivity contribution in [2.75, 3.05) is 26.3 Å². The quantitative estimate of drug-likeness (QED) is 0.571. The lowest BCUT2D eigenvalue weighted by Crippen LogP contribution is -2.42. The van der Waals surface area contributed by atoms with E-state index in [9.17, 15) is 14.6 Å². The van der Waals surface area contributed by atoms with Crippen LogP contribution in [0.25, 0.3) is 0 Å². The van der Waals surface area contributed by atoms with Crippen LogP contribution in [0.4, 0.5) is 0 Å². The normalized spacial score (nSPS) is 16.7. The first-order valence-corrected chi connectivity index (χ1v) is 6.79. The van der Waals surface area contributed by atoms with Crippen molar-refractivity contribution in [2.45, 2.75) is 0 Å². The van der Waals surface area contributed by atoms with Gasteiger partial charge in [0.25, 0.3) is 5.91 Å². The molecule has 1 aromatic heterocycles. The number of nitrogens with zero attached hydrogens (tertiary/aromatic N) is 3. The maximum Gasteiger partial charge on any atom is 0.274 e. The zero-order valence-electron chi connectivity index (χ0n) is 9.35. The van der Waals surface area contributed by atoms with Gasteiger partial charge in [-0.3, -0.25) is 14.7 Å². The molecule has 1 amide bonds. The second kappa shape index (κ2) is 5.21. The van der Waals surface area contributed by atoms with Crippen LogP contribution in [-0.4, -0.2) is 52.0 Å². The third-order valence-electron chi connectivity index (χ3n) is 2.43. The first-order valence-electron chi connectivity index (χ1n) is 5.22. The summed E-state index contributed by atoms with van der Waals surface area (Å²) in [5, 5.41) is 0. The number of carbonyl (C=O) groups excluding carboxylic acids is 1. The second-order valence-electron chi connectivity index (χ2n) is 3.69. The Balaban J connectivity index is 2.20. The molecule has 0 atom stereocenters. The summed E-state index contributed by atoms with van der Waals surface area (Å²) in [6.07, 6.45) is 2.06. The molecule has 1 aliphatic rings. The van der Waals surface area contributed by atoms with Crippen molar-refractivity contribution in [1.29, 1.82) is 0 Å². The Hall–Kier alpha value is -1.18. The molecule has 0 bridgehead atoms. The van der Waals surface area contributed by atoms with E-state index < -0.39 is 19.3 Å². The molecule has 1 aliphatic heterocycles. The lowest BCUT2D eigenvalue weighted by molar-refractivity contribution is -0.325. The molecule has 9 heteroatoms. The Morgan fingerprint density at radius 3 is 2.67 bits per heavy atom. The summed E-state index contributed by atoms with van der Waals surface area (Å²) in [7, 11) is -4.74. The van der Waals surface area contributed by atoms with Gasteiger partial charge in [0, 0.05) is 13.1 Å². The highest BCUT2D eigenvalue weighted by Gasteiger charge is 2.23. The molecule has 2 rings (SSSR count). The Bertz CT molecular complexity index is 444. The highest BCUT2D eigenvalue weighted by Crippen LogP contribution is 2.30. The fraction of sp³-hybridized carbons (Fsp3) is 0.444. The molecule has 0 saturated carbocycles. The average molecular weight is 272 g/mol. The first-order chi connectivity index (χ1) is 8.48. The fourth-order valence-electron chi connectivity index (χ4n) is 1.52. The van der Waals surface area contributed by atoms with Gasteiger partial charge in [-0.25, -0.2) is 4.98 Å². The zero-order chi connectivity index (χ0) is 13.2. The van der Waals surface area contributed by atoms with Crippen molar-refractivity contribution in [3.63, 3.8) is 0 Å². The molecule has 0 spiro atoms. The van der Waals surface area contributed by atoms with Crippen molar-refractivity contribution in [1.82, 2.24) is 14.9 Å². The SMILES string of the molecule is O=C(c1cncc([P+]([O-])([O-])O)n1)N1CCOCC1. The molecule has 1 N–H and O–H groups in total. The molecule has 0 radical (unpaired) electrons. The lowest BCUT2D eigenvalue weighted by Gasteiger charge is -2.28. The van der Waals surface area contributed by atoms with E-state index in [2.05, 4.69) is 9.97 Å². The molecule has 1 saturated heterocycles. The predicted octanol–water partition coefficient (Wildman–Crippen LogP) is -2.95. The molecule has 0 unspecified atom stereocenters. The van der Waals surface area contributed by atoms with Crippen LogP contribution < -0.4 is 15.2 Å². The van der Waals surface area contributed by atoms with Gasteiger partial charge in [0.05, 0.1) is 25.6 Å². The van der Waals surface area contributed by atoms with Gasteiger partial charge in [-0.15, -0.1) is 0 Å². The van der Waals surface area contributed by atoms with E-state index in [1.807, 2.05) is 0 Å². The van der Waals surface area contributed by atoms with Gasteiger partial charge in [-0.05, 0) is 0 Å². The van der Waals surface area contributed by atoms with Crippen molar-refractivity contribution in [3.05, 3.63) is 18.1 Å². The number of amides is 1. The van der Waals surface area contributed by atoms with E-state index in [1.165, 1.54) is 4.90 Å². The second-order valence-corrected chi connectivity index (χ2v) is 5.19. The van der Waals surface area contributed by atoms with Gasteiger partial charge < -0.3 is 19.4 Å². The molecular weight excluding hydrogens is 261 g/mol. The van der Waals surface area contributed by atoms with Crippen molar-refractivity contribution < 1.29 is 24.2 Å². The number of hydrogen-bond acceptors (Lipinski definition) is 7. The van der Waals surface area contributed by atoms with Crippen LogP contribution in [0.3, 0.4) is 0 Å². The topological polar surface area (TPSA) is 122 Å². The maximum absolute atomic E-state index is 12.0. The van der Waals surface area contributed by atoms with Crippen molar-refractivity contribution >= 4 is 19.3 Å². The lowest BCUT2D eigenvalue weighted by atomic mass is 10.3. The van der Waals surface area contributed by atoms with Gasteiger partial charge in [-0.2, -0.15) is 0 Å². The Morgan fingerprint density at radius 2 is 2.06 bits per heavy atom. The van der Waals surface area contributed by atoms with E-state index in [-0.39, 0.29) is 5.69 Å². The third-order valence-corrected chi connectivity index (χ3v) is 3.22. The molecule has 0 aliphatic carbocycles. The standard InChI is InChI=1S/C9H12N3O5P/c13-9(12-1-3-17-4-2-12)7-5-10-6-8(11-7)18(14,15)16/h5-6H,1-4H2,(H2,14,15,16)/p-1. The van der Waals surface area contributed by atoms with Crippen LogP contribution in [0, 0.1) is 0 Å². The van der Waals surface area contributed by atoms with Gasteiger partial charge in [0.2, 0.25) is 5.44 Å². The molecule has 18 heavy (non-hydrogen) atoms. The Labute approximate surface area is 103 Å². The largest absolute Gasteiger partial charge is 0.654 e. The van der Waals surface area contributed by atoms with Crippen LogP contribution in [0.5, 0.6) is 0 Å². The van der Waals surface area contributed by atoms with Crippen LogP contribution in [-0.2, 0) is 4.74 Å². The van der Waals surface area contributed by atoms with E-state index >= 15 is 0 Å². The number of ether oxygens (including phenoxy) is 1. The minimum atomic E-state index is -4.74. The summed E-state index contributed by atoms with van der Waals surface area (Å²) in [5.74, 6) is -0.430. The zero-order valence-corrected chi connectivity index (χ0v) is 10.2. The van der Waals surface area contributed by atoms with E-state index in [0.29, 0.717) is 26.3 Å². The van der Waals surface area contributed by atoms with Crippen molar-refractivity contribution in [3.8, 4) is 0 Å². The number of rotatable bonds is 2. The molecule has 8 nitrogen and oxygen atoms in total. The monoisotopic (exact) mass is 272 g/mol. The summed E-state index contributed by atoms with van der Waals surface area (Å²) in [4.78, 5) is 51.4. The summed E-state index contributed by atoms with van der Waals surface area (Å²) < 4.78 is 5.10. The van der Waals surface area contributed by atoms with Gasteiger partial charge in [0.1, 0.15) is 7.94 Å². The Morgan fingerprint density at radius 1 is 1.39 bits per heavy atom. The average Bonchev–Trinajstić information content (AvgIpc) is 2.38. The number of hydrogen-bond donors (Lipinski definition) is 1. The van der Waals surface area contributed by atoms with Gasteiger partial charge >= 0.3 is 0 Å². The van der Waals surface area contributed by atoms with Crippen LogP contribution in [0.2, 0.25) is 0 Å². The minimum absolute atomic E-state index is 0.112. The van der Waals surface area contributed by atoms with Gasteiger partial charge in [0.15, 0.2) is 5.69 Å². The van der Waals surface area contributed by atoms with Crippen LogP contribution in [0.1, 0.15) is 10.5 Å². The van der Waals surface area contributed by atoms with Crippen LogP contribution >= 0.6 is 7.94 Å². The summed E-state index contributed by atoms with van der Waals surface area (Å²) in [6.45, 7) is 1.69. The summed E-state index contributed by atoms with van der Waals surface area (Å²) >= 11 is 0. The fourth-order valence-corrected chi connectivity index (χ4v) is 1.97. The molecular formula is C9H11N3O5P-. The molecule has 1 fully saturated rings. The summed E-state index contributed by atoms with van der Waals surface area (Å²) in [5.41, 5.74) is -0.721. The Kier molecular flexibility index (Phi) is 3.84. The predicted molar refractivity (Wildman–Crippen MR) is 57.5 cm³/mol. The molecule has 1 aromatic rings.